The Bertz CT molecular complexity index is 2490. The fourth-order valence-corrected chi connectivity index (χ4v) is 7.41. The average molecular weight is 1120 g/mol. The molecule has 0 aliphatic heterocycles. The number of rotatable bonds is 42. The lowest BCUT2D eigenvalue weighted by atomic mass is 10.1. The number of benzene rings is 3. The maximum atomic E-state index is 13.3. The van der Waals surface area contributed by atoms with Gasteiger partial charge in [0.2, 0.25) is 0 Å². The third-order valence-electron chi connectivity index (χ3n) is 10.7. The molecule has 0 aromatic heterocycles. The number of nitrogen functional groups attached to an aromatic ring is 1. The molecule has 79 heavy (non-hydrogen) atoms. The molecule has 0 heterocycles. The van der Waals surface area contributed by atoms with E-state index in [1.807, 2.05) is 0 Å². The molecule has 0 spiro atoms. The van der Waals surface area contributed by atoms with Gasteiger partial charge < -0.3 is 79.1 Å². The van der Waals surface area contributed by atoms with E-state index in [2.05, 4.69) is 0 Å². The number of ketones is 2. The van der Waals surface area contributed by atoms with Crippen LogP contribution in [0.4, 0.5) is 22.7 Å². The standard InChI is InChI=1S/C38H49N5O18.C11H14N2O5/c1-56-34-5-3-28(13-32(34)42(18-37(52)53)19-38(54)55)11-30(48)15-40(20-58-24-44)9-7-39(17-36(50)51)8-10-41(21-59-25-45)16-31(49)12-29-4-6-35(57-2)33(14-29)43(22-60-26-46)23-61-27-47;1-18-9-3-2-7(12)4-8(9)13(5-10(14)15)6-11(16)17/h3-6,13-14,24-27H,7-12,15-23H2,1-2H3,(H,50,51)(H,52,53)(H,54,55);2-4H,5-6,12H2,1H3,(H,14,15)(H,16,17). The van der Waals surface area contributed by atoms with Crippen LogP contribution in [0.25, 0.3) is 0 Å². The largest absolute Gasteiger partial charge is 0.495 e. The Morgan fingerprint density at radius 3 is 1.08 bits per heavy atom. The van der Waals surface area contributed by atoms with Crippen molar-refractivity contribution in [2.24, 2.45) is 0 Å². The molecule has 0 bridgehead atoms. The third kappa shape index (κ3) is 25.4. The molecule has 432 valence electrons. The summed E-state index contributed by atoms with van der Waals surface area (Å²) in [7, 11) is 4.13. The molecule has 7 N–H and O–H groups in total. The first-order chi connectivity index (χ1) is 37.7. The van der Waals surface area contributed by atoms with Crippen LogP contribution in [0.15, 0.2) is 54.6 Å². The summed E-state index contributed by atoms with van der Waals surface area (Å²) in [5.74, 6) is -5.88. The van der Waals surface area contributed by atoms with Crippen molar-refractivity contribution >= 4 is 90.1 Å². The number of nitrogens with two attached hydrogens (primary N) is 1. The number of carbonyl (C=O) groups is 11. The number of methoxy groups -OCH3 is 3. The molecule has 0 fully saturated rings. The Morgan fingerprint density at radius 1 is 0.418 bits per heavy atom. The van der Waals surface area contributed by atoms with Crippen molar-refractivity contribution in [3.8, 4) is 17.2 Å². The highest BCUT2D eigenvalue weighted by molar-refractivity contribution is 5.85. The molecule has 3 aromatic rings. The fraction of sp³-hybridized carbons (Fsp3) is 0.408. The van der Waals surface area contributed by atoms with Crippen molar-refractivity contribution in [1.29, 1.82) is 0 Å². The third-order valence-corrected chi connectivity index (χ3v) is 10.7. The van der Waals surface area contributed by atoms with Gasteiger partial charge in [0.05, 0.1) is 58.0 Å². The van der Waals surface area contributed by atoms with Gasteiger partial charge in [0.15, 0.2) is 25.0 Å². The van der Waals surface area contributed by atoms with Crippen molar-refractivity contribution in [3.63, 3.8) is 0 Å². The van der Waals surface area contributed by atoms with E-state index in [9.17, 15) is 68.1 Å². The number of carboxylic acids is 5. The Kier molecular flexibility index (Phi) is 29.9. The van der Waals surface area contributed by atoms with Gasteiger partial charge in [0.1, 0.15) is 56.9 Å². The van der Waals surface area contributed by atoms with E-state index in [4.69, 9.17) is 49.1 Å². The van der Waals surface area contributed by atoms with E-state index >= 15 is 0 Å². The van der Waals surface area contributed by atoms with Gasteiger partial charge in [-0.3, -0.25) is 67.4 Å². The van der Waals surface area contributed by atoms with E-state index in [1.54, 1.807) is 36.4 Å². The second kappa shape index (κ2) is 35.9. The summed E-state index contributed by atoms with van der Waals surface area (Å²) >= 11 is 0. The van der Waals surface area contributed by atoms with Crippen LogP contribution in [0.2, 0.25) is 0 Å². The van der Waals surface area contributed by atoms with Crippen LogP contribution in [-0.4, -0.2) is 228 Å². The second-order valence-corrected chi connectivity index (χ2v) is 16.5. The molecule has 0 aliphatic rings. The minimum Gasteiger partial charge on any atom is -0.495 e. The summed E-state index contributed by atoms with van der Waals surface area (Å²) in [4.78, 5) is 135. The maximum absolute atomic E-state index is 13.3. The fourth-order valence-electron chi connectivity index (χ4n) is 7.41. The van der Waals surface area contributed by atoms with Gasteiger partial charge in [0, 0.05) is 44.7 Å². The van der Waals surface area contributed by atoms with Crippen LogP contribution in [0.3, 0.4) is 0 Å². The SMILES string of the molecule is COc1ccc(CC(=O)CN(CCN(CCN(COC=O)CC(=O)Cc2ccc(OC)c(N(CC(=O)O)CC(=O)O)c2)CC(=O)O)COC=O)cc1N(COC=O)COC=O.COc1ccc(N)cc1N(CC(=O)O)CC(=O)O. The van der Waals surface area contributed by atoms with E-state index in [1.165, 1.54) is 64.0 Å². The van der Waals surface area contributed by atoms with E-state index in [-0.39, 0.29) is 128 Å². The first-order valence-corrected chi connectivity index (χ1v) is 23.2. The molecule has 0 amide bonds. The minimum atomic E-state index is -1.29. The number of carbonyl (C=O) groups excluding carboxylic acids is 6. The van der Waals surface area contributed by atoms with Crippen LogP contribution in [-0.2, 0) is 84.5 Å². The smallest absolute Gasteiger partial charge is 0.323 e. The van der Waals surface area contributed by atoms with Crippen molar-refractivity contribution in [2.75, 3.05) is 141 Å². The first kappa shape index (κ1) is 65.8. The molecule has 0 atom stereocenters. The van der Waals surface area contributed by atoms with E-state index < -0.39 is 62.6 Å². The highest BCUT2D eigenvalue weighted by Gasteiger charge is 2.23. The lowest BCUT2D eigenvalue weighted by Gasteiger charge is -2.28. The lowest BCUT2D eigenvalue weighted by molar-refractivity contribution is -0.139. The van der Waals surface area contributed by atoms with Gasteiger partial charge >= 0.3 is 29.8 Å². The van der Waals surface area contributed by atoms with E-state index in [0.29, 0.717) is 39.7 Å². The zero-order valence-electron chi connectivity index (χ0n) is 43.4. The Morgan fingerprint density at radius 2 is 0.734 bits per heavy atom. The number of aliphatic carboxylic acids is 5. The summed E-state index contributed by atoms with van der Waals surface area (Å²) in [5.41, 5.74) is 7.73. The van der Waals surface area contributed by atoms with E-state index in [0.717, 1.165) is 4.90 Å². The summed E-state index contributed by atoms with van der Waals surface area (Å²) in [6.07, 6.45) is -0.314. The molecule has 0 saturated carbocycles. The molecule has 0 saturated heterocycles. The average Bonchev–Trinajstić information content (AvgIpc) is 3.40. The normalized spacial score (nSPS) is 10.5. The highest BCUT2D eigenvalue weighted by atomic mass is 16.6. The zero-order chi connectivity index (χ0) is 58.9. The summed E-state index contributed by atoms with van der Waals surface area (Å²) in [6.45, 7) is -3.48. The van der Waals surface area contributed by atoms with Crippen LogP contribution in [0, 0.1) is 0 Å². The quantitative estimate of drug-likeness (QED) is 0.0175. The number of ether oxygens (including phenoxy) is 7. The molecule has 0 unspecified atom stereocenters. The Balaban J connectivity index is 0.000000997. The minimum absolute atomic E-state index is 0.0298. The summed E-state index contributed by atoms with van der Waals surface area (Å²) in [6, 6.07) is 13.8. The molecular weight excluding hydrogens is 1050 g/mol. The van der Waals surface area contributed by atoms with Gasteiger partial charge in [0.25, 0.3) is 25.9 Å². The molecule has 30 nitrogen and oxygen atoms in total. The Labute approximate surface area is 451 Å². The van der Waals surface area contributed by atoms with Crippen LogP contribution >= 0.6 is 0 Å². The molecule has 0 radical (unpaired) electrons. The number of hydrogen-bond acceptors (Lipinski definition) is 25. The van der Waals surface area contributed by atoms with Gasteiger partial charge in [-0.1, -0.05) is 12.1 Å². The number of carboxylic acid groups (broad SMARTS) is 5. The van der Waals surface area contributed by atoms with Gasteiger partial charge in [-0.05, 0) is 53.6 Å². The van der Waals surface area contributed by atoms with Crippen LogP contribution in [0.1, 0.15) is 11.1 Å². The number of nitrogens with zero attached hydrogens (tertiary/aromatic N) is 6. The molecular formula is C49H63N7O23. The van der Waals surface area contributed by atoms with Crippen molar-refractivity contribution in [3.05, 3.63) is 65.7 Å². The van der Waals surface area contributed by atoms with Crippen molar-refractivity contribution in [2.45, 2.75) is 12.8 Å². The first-order valence-electron chi connectivity index (χ1n) is 23.2. The molecule has 3 aromatic carbocycles. The predicted molar refractivity (Wildman–Crippen MR) is 274 cm³/mol. The predicted octanol–water partition coefficient (Wildman–Crippen LogP) is -0.825. The Hall–Kier alpha value is -9.29. The molecule has 30 heteroatoms. The second-order valence-electron chi connectivity index (χ2n) is 16.5. The lowest BCUT2D eigenvalue weighted by Crippen LogP contribution is -2.44. The number of Topliss-reactive ketones (excluding diaryl/α,β-unsaturated/α-hetero) is 2. The van der Waals surface area contributed by atoms with Gasteiger partial charge in [-0.25, -0.2) is 0 Å². The highest BCUT2D eigenvalue weighted by Crippen LogP contribution is 2.32. The molecule has 3 rings (SSSR count). The summed E-state index contributed by atoms with van der Waals surface area (Å²) in [5, 5.41) is 45.9. The zero-order valence-corrected chi connectivity index (χ0v) is 43.4. The van der Waals surface area contributed by atoms with Crippen LogP contribution < -0.4 is 34.6 Å². The summed E-state index contributed by atoms with van der Waals surface area (Å²) < 4.78 is 35.2. The van der Waals surface area contributed by atoms with Gasteiger partial charge in [-0.15, -0.1) is 0 Å². The maximum Gasteiger partial charge on any atom is 0.323 e. The van der Waals surface area contributed by atoms with Crippen molar-refractivity contribution < 1.29 is 111 Å². The monoisotopic (exact) mass is 1120 g/mol. The molecule has 0 aliphatic carbocycles. The topological polar surface area (TPSA) is 399 Å². The van der Waals surface area contributed by atoms with Crippen molar-refractivity contribution in [1.82, 2.24) is 14.7 Å². The van der Waals surface area contributed by atoms with Crippen LogP contribution in [0.5, 0.6) is 17.2 Å². The number of anilines is 4. The number of hydrogen-bond donors (Lipinski definition) is 6. The van der Waals surface area contributed by atoms with Gasteiger partial charge in [-0.2, -0.15) is 0 Å².